The first-order valence-electron chi connectivity index (χ1n) is 6.22. The van der Waals surface area contributed by atoms with Crippen molar-refractivity contribution >= 4 is 33.7 Å². The molecule has 0 aromatic heterocycles. The summed E-state index contributed by atoms with van der Waals surface area (Å²) in [5.41, 5.74) is 5.41. The highest BCUT2D eigenvalue weighted by Gasteiger charge is 2.18. The molecule has 0 bridgehead atoms. The maximum absolute atomic E-state index is 11.2. The van der Waals surface area contributed by atoms with E-state index in [1.54, 1.807) is 12.1 Å². The average Bonchev–Trinajstić information content (AvgIpc) is 2.45. The van der Waals surface area contributed by atoms with Gasteiger partial charge in [-0.05, 0) is 82.6 Å². The van der Waals surface area contributed by atoms with E-state index < -0.39 is 10.5 Å². The third-order valence-corrected chi connectivity index (χ3v) is 4.05. The molecule has 2 aromatic carbocycles. The van der Waals surface area contributed by atoms with Gasteiger partial charge >= 0.3 is 0 Å². The molecule has 1 aliphatic carbocycles. The normalized spacial score (nSPS) is 12.5. The van der Waals surface area contributed by atoms with Crippen molar-refractivity contribution in [3.63, 3.8) is 0 Å². The monoisotopic (exact) mass is 304 g/mol. The fourth-order valence-electron chi connectivity index (χ4n) is 2.64. The van der Waals surface area contributed by atoms with Crippen molar-refractivity contribution < 1.29 is 9.59 Å². The molecule has 0 aliphatic heterocycles. The zero-order valence-corrected chi connectivity index (χ0v) is 12.0. The minimum Gasteiger partial charge on any atom is -0.276 e. The lowest BCUT2D eigenvalue weighted by Crippen LogP contribution is -2.06. The van der Waals surface area contributed by atoms with Crippen molar-refractivity contribution in [1.29, 1.82) is 0 Å². The summed E-state index contributed by atoms with van der Waals surface area (Å²) in [7, 11) is 0. The van der Waals surface area contributed by atoms with Crippen LogP contribution >= 0.6 is 23.2 Å². The summed E-state index contributed by atoms with van der Waals surface area (Å²) >= 11 is 11.0. The number of benzene rings is 2. The minimum atomic E-state index is -0.443. The molecule has 2 aromatic rings. The molecule has 0 amide bonds. The van der Waals surface area contributed by atoms with E-state index in [-0.39, 0.29) is 0 Å². The predicted octanol–water partition coefficient (Wildman–Crippen LogP) is 4.21. The van der Waals surface area contributed by atoms with E-state index in [1.165, 1.54) is 0 Å². The average molecular weight is 305 g/mol. The Labute approximate surface area is 126 Å². The molecule has 4 heteroatoms. The van der Waals surface area contributed by atoms with Crippen LogP contribution in [0.1, 0.15) is 31.8 Å². The molecule has 0 fully saturated rings. The largest absolute Gasteiger partial charge is 0.276 e. The Hall–Kier alpha value is -1.64. The van der Waals surface area contributed by atoms with Crippen molar-refractivity contribution in [2.45, 2.75) is 12.8 Å². The molecule has 20 heavy (non-hydrogen) atoms. The van der Waals surface area contributed by atoms with Crippen LogP contribution in [0.25, 0.3) is 11.1 Å². The van der Waals surface area contributed by atoms with Gasteiger partial charge in [0.25, 0.3) is 10.5 Å². The van der Waals surface area contributed by atoms with E-state index in [0.717, 1.165) is 35.1 Å². The molecule has 0 unspecified atom stereocenters. The van der Waals surface area contributed by atoms with E-state index in [0.29, 0.717) is 11.1 Å². The number of aryl methyl sites for hydroxylation is 2. The van der Waals surface area contributed by atoms with E-state index >= 15 is 0 Å². The van der Waals surface area contributed by atoms with Crippen molar-refractivity contribution in [3.8, 4) is 11.1 Å². The number of rotatable bonds is 2. The number of hydrogen-bond donors (Lipinski definition) is 0. The molecule has 1 aliphatic rings. The maximum Gasteiger partial charge on any atom is 0.252 e. The van der Waals surface area contributed by atoms with Crippen LogP contribution in [-0.4, -0.2) is 10.5 Å². The van der Waals surface area contributed by atoms with Crippen LogP contribution in [0, 0.1) is 0 Å². The van der Waals surface area contributed by atoms with Gasteiger partial charge < -0.3 is 0 Å². The molecule has 2 nitrogen and oxygen atoms in total. The lowest BCUT2D eigenvalue weighted by atomic mass is 9.84. The van der Waals surface area contributed by atoms with E-state index in [1.807, 2.05) is 24.3 Å². The van der Waals surface area contributed by atoms with Gasteiger partial charge in [-0.1, -0.05) is 12.1 Å². The predicted molar refractivity (Wildman–Crippen MR) is 79.7 cm³/mol. The minimum absolute atomic E-state index is 0.443. The van der Waals surface area contributed by atoms with E-state index in [2.05, 4.69) is 0 Å². The molecule has 0 N–H and O–H groups in total. The number of carbonyl (C=O) groups excluding carboxylic acids is 2. The number of hydrogen-bond acceptors (Lipinski definition) is 2. The van der Waals surface area contributed by atoms with Gasteiger partial charge in [0.15, 0.2) is 0 Å². The van der Waals surface area contributed by atoms with E-state index in [9.17, 15) is 9.59 Å². The summed E-state index contributed by atoms with van der Waals surface area (Å²) in [5, 5.41) is -0.886. The van der Waals surface area contributed by atoms with Crippen molar-refractivity contribution in [2.75, 3.05) is 0 Å². The van der Waals surface area contributed by atoms with Gasteiger partial charge in [0.05, 0.1) is 0 Å². The van der Waals surface area contributed by atoms with Gasteiger partial charge in [-0.2, -0.15) is 0 Å². The second-order valence-electron chi connectivity index (χ2n) is 4.79. The lowest BCUT2D eigenvalue weighted by molar-refractivity contribution is 0.107. The molecule has 0 atom stereocenters. The zero-order valence-electron chi connectivity index (χ0n) is 10.5. The molecule has 0 saturated heterocycles. The molecule has 0 radical (unpaired) electrons. The summed E-state index contributed by atoms with van der Waals surface area (Å²) < 4.78 is 0. The molecule has 3 rings (SSSR count). The molecular weight excluding hydrogens is 295 g/mol. The smallest absolute Gasteiger partial charge is 0.252 e. The van der Waals surface area contributed by atoms with E-state index in [4.69, 9.17) is 23.2 Å². The molecule has 100 valence electrons. The Morgan fingerprint density at radius 1 is 0.750 bits per heavy atom. The number of halogens is 2. The third-order valence-electron chi connectivity index (χ3n) is 3.62. The summed E-state index contributed by atoms with van der Waals surface area (Å²) in [6.45, 7) is 0. The second kappa shape index (κ2) is 5.04. The summed E-state index contributed by atoms with van der Waals surface area (Å²) in [4.78, 5) is 22.4. The highest BCUT2D eigenvalue weighted by Crippen LogP contribution is 2.34. The summed E-state index contributed by atoms with van der Waals surface area (Å²) in [6, 6.07) is 11.0. The third kappa shape index (κ3) is 2.26. The number of carbonyl (C=O) groups is 2. The van der Waals surface area contributed by atoms with Crippen molar-refractivity contribution in [3.05, 3.63) is 58.7 Å². The van der Waals surface area contributed by atoms with Crippen LogP contribution in [0.2, 0.25) is 0 Å². The Kier molecular flexibility index (Phi) is 3.36. The highest BCUT2D eigenvalue weighted by atomic mass is 35.5. The maximum atomic E-state index is 11.2. The first kappa shape index (κ1) is 13.3. The molecule has 0 heterocycles. The first-order valence-corrected chi connectivity index (χ1v) is 6.98. The van der Waals surface area contributed by atoms with Crippen molar-refractivity contribution in [1.82, 2.24) is 0 Å². The first-order chi connectivity index (χ1) is 9.56. The van der Waals surface area contributed by atoms with Crippen LogP contribution in [0.15, 0.2) is 36.4 Å². The summed E-state index contributed by atoms with van der Waals surface area (Å²) in [6.07, 6.45) is 1.64. The molecule has 0 spiro atoms. The van der Waals surface area contributed by atoms with Crippen LogP contribution in [0.3, 0.4) is 0 Å². The Morgan fingerprint density at radius 3 is 1.50 bits per heavy atom. The van der Waals surface area contributed by atoms with Crippen LogP contribution in [0.4, 0.5) is 0 Å². The Morgan fingerprint density at radius 2 is 1.15 bits per heavy atom. The lowest BCUT2D eigenvalue weighted by Gasteiger charge is -2.20. The topological polar surface area (TPSA) is 34.1 Å². The zero-order chi connectivity index (χ0) is 14.3. The van der Waals surface area contributed by atoms with Gasteiger partial charge in [-0.15, -0.1) is 0 Å². The quantitative estimate of drug-likeness (QED) is 0.779. The standard InChI is InChI=1S/C16H10Cl2O2/c17-15(19)11-3-5-13-9(7-11)1-2-10-8-12(16(18)20)4-6-14(10)13/h3-8H,1-2H2. The SMILES string of the molecule is O=C(Cl)c1ccc2c(c1)CCc1cc(C(=O)Cl)ccc1-2. The number of fused-ring (bicyclic) bond motifs is 3. The van der Waals surface area contributed by atoms with Gasteiger partial charge in [0.2, 0.25) is 0 Å². The Balaban J connectivity index is 2.12. The van der Waals surface area contributed by atoms with Crippen LogP contribution < -0.4 is 0 Å². The molecule has 0 saturated carbocycles. The summed E-state index contributed by atoms with van der Waals surface area (Å²) in [5.74, 6) is 0. The van der Waals surface area contributed by atoms with Crippen LogP contribution in [0.5, 0.6) is 0 Å². The van der Waals surface area contributed by atoms with Gasteiger partial charge in [-0.3, -0.25) is 9.59 Å². The van der Waals surface area contributed by atoms with Crippen molar-refractivity contribution in [2.24, 2.45) is 0 Å². The molecular formula is C16H10Cl2O2. The van der Waals surface area contributed by atoms with Crippen LogP contribution in [-0.2, 0) is 12.8 Å². The second-order valence-corrected chi connectivity index (χ2v) is 5.48. The van der Waals surface area contributed by atoms with Gasteiger partial charge in [-0.25, -0.2) is 0 Å². The van der Waals surface area contributed by atoms with Gasteiger partial charge in [0.1, 0.15) is 0 Å². The fourth-order valence-corrected chi connectivity index (χ4v) is 2.88. The highest BCUT2D eigenvalue weighted by molar-refractivity contribution is 6.68. The Bertz CT molecular complexity index is 672. The van der Waals surface area contributed by atoms with Gasteiger partial charge in [0, 0.05) is 11.1 Å². The fraction of sp³-hybridized carbons (Fsp3) is 0.125.